The average molecular weight is 492 g/mol. The van der Waals surface area contributed by atoms with E-state index in [0.29, 0.717) is 41.8 Å². The Morgan fingerprint density at radius 1 is 1.14 bits per heavy atom. The summed E-state index contributed by atoms with van der Waals surface area (Å²) in [6, 6.07) is 11.1. The fourth-order valence-electron chi connectivity index (χ4n) is 4.59. The lowest BCUT2D eigenvalue weighted by Gasteiger charge is -2.28. The highest BCUT2D eigenvalue weighted by Crippen LogP contribution is 2.30. The van der Waals surface area contributed by atoms with Crippen molar-refractivity contribution < 1.29 is 14.3 Å². The molecular formula is C26H33N7O3. The summed E-state index contributed by atoms with van der Waals surface area (Å²) in [6.45, 7) is 2.85. The summed E-state index contributed by atoms with van der Waals surface area (Å²) >= 11 is 0. The Kier molecular flexibility index (Phi) is 7.92. The summed E-state index contributed by atoms with van der Waals surface area (Å²) in [6.07, 6.45) is 3.71. The van der Waals surface area contributed by atoms with Crippen molar-refractivity contribution >= 4 is 11.8 Å². The number of pyridine rings is 1. The summed E-state index contributed by atoms with van der Waals surface area (Å²) in [5.41, 5.74) is 2.62. The van der Waals surface area contributed by atoms with Crippen LogP contribution in [0.25, 0.3) is 11.4 Å². The molecule has 3 aromatic rings. The number of benzene rings is 1. The molecule has 2 aromatic heterocycles. The molecule has 10 nitrogen and oxygen atoms in total. The van der Waals surface area contributed by atoms with Gasteiger partial charge in [-0.15, -0.1) is 10.2 Å². The minimum Gasteiger partial charge on any atom is -0.497 e. The summed E-state index contributed by atoms with van der Waals surface area (Å²) < 4.78 is 5.24. The van der Waals surface area contributed by atoms with Crippen LogP contribution in [0.2, 0.25) is 0 Å². The van der Waals surface area contributed by atoms with Gasteiger partial charge in [0.25, 0.3) is 5.91 Å². The number of aromatic nitrogens is 5. The van der Waals surface area contributed by atoms with E-state index in [1.54, 1.807) is 22.9 Å². The lowest BCUT2D eigenvalue weighted by atomic mass is 9.81. The number of hydrogen-bond donors (Lipinski definition) is 1. The Hall–Kier alpha value is -3.82. The van der Waals surface area contributed by atoms with E-state index in [9.17, 15) is 9.59 Å². The molecule has 1 saturated carbocycles. The van der Waals surface area contributed by atoms with Gasteiger partial charge >= 0.3 is 0 Å². The molecule has 0 unspecified atom stereocenters. The Balaban J connectivity index is 1.38. The highest BCUT2D eigenvalue weighted by atomic mass is 16.5. The molecule has 10 heteroatoms. The third-order valence-electron chi connectivity index (χ3n) is 6.54. The predicted molar refractivity (Wildman–Crippen MR) is 134 cm³/mol. The van der Waals surface area contributed by atoms with E-state index in [2.05, 4.69) is 25.7 Å². The molecule has 1 aliphatic rings. The number of aryl methyl sites for hydroxylation is 1. The molecule has 0 saturated heterocycles. The second kappa shape index (κ2) is 11.3. The first-order valence-electron chi connectivity index (χ1n) is 12.2. The number of amides is 2. The maximum Gasteiger partial charge on any atom is 0.270 e. The zero-order valence-corrected chi connectivity index (χ0v) is 21.3. The van der Waals surface area contributed by atoms with Gasteiger partial charge in [-0.2, -0.15) is 4.80 Å². The van der Waals surface area contributed by atoms with Gasteiger partial charge in [0.15, 0.2) is 0 Å². The molecule has 1 N–H and O–H groups in total. The first kappa shape index (κ1) is 25.3. The smallest absolute Gasteiger partial charge is 0.270 e. The SMILES string of the molecule is COc1cccc(CNC(=O)c2cc(-c3nnn(CC4CCC(C(=O)N(C)C)CC4)n3)cc(C)n2)c1. The van der Waals surface area contributed by atoms with E-state index in [4.69, 9.17) is 4.74 Å². The van der Waals surface area contributed by atoms with Crippen LogP contribution in [-0.4, -0.2) is 63.1 Å². The van der Waals surface area contributed by atoms with Gasteiger partial charge in [0.1, 0.15) is 11.4 Å². The molecule has 0 aliphatic heterocycles. The van der Waals surface area contributed by atoms with Crippen LogP contribution in [0.1, 0.15) is 47.4 Å². The third-order valence-corrected chi connectivity index (χ3v) is 6.54. The monoisotopic (exact) mass is 491 g/mol. The lowest BCUT2D eigenvalue weighted by Crippen LogP contribution is -2.33. The van der Waals surface area contributed by atoms with Gasteiger partial charge in [0.05, 0.1) is 13.7 Å². The maximum absolute atomic E-state index is 12.8. The number of rotatable bonds is 8. The zero-order valence-electron chi connectivity index (χ0n) is 21.3. The van der Waals surface area contributed by atoms with Gasteiger partial charge < -0.3 is 15.0 Å². The second-order valence-electron chi connectivity index (χ2n) is 9.53. The molecule has 1 aliphatic carbocycles. The minimum absolute atomic E-state index is 0.115. The van der Waals surface area contributed by atoms with E-state index in [0.717, 1.165) is 37.0 Å². The van der Waals surface area contributed by atoms with Crippen molar-refractivity contribution in [2.75, 3.05) is 21.2 Å². The van der Waals surface area contributed by atoms with Crippen LogP contribution in [-0.2, 0) is 17.9 Å². The molecule has 0 spiro atoms. The first-order chi connectivity index (χ1) is 17.3. The molecule has 36 heavy (non-hydrogen) atoms. The van der Waals surface area contributed by atoms with Crippen LogP contribution in [0.5, 0.6) is 5.75 Å². The molecule has 0 radical (unpaired) electrons. The van der Waals surface area contributed by atoms with E-state index < -0.39 is 0 Å². The summed E-state index contributed by atoms with van der Waals surface area (Å²) in [7, 11) is 5.23. The van der Waals surface area contributed by atoms with Crippen LogP contribution in [0, 0.1) is 18.8 Å². The minimum atomic E-state index is -0.279. The van der Waals surface area contributed by atoms with Crippen molar-refractivity contribution in [1.82, 2.24) is 35.4 Å². The van der Waals surface area contributed by atoms with E-state index in [-0.39, 0.29) is 17.7 Å². The highest BCUT2D eigenvalue weighted by Gasteiger charge is 2.28. The molecule has 2 amide bonds. The molecule has 2 heterocycles. The van der Waals surface area contributed by atoms with E-state index in [1.165, 1.54) is 0 Å². The van der Waals surface area contributed by atoms with Crippen LogP contribution in [0.3, 0.4) is 0 Å². The Labute approximate surface area is 211 Å². The van der Waals surface area contributed by atoms with E-state index in [1.807, 2.05) is 51.4 Å². The van der Waals surface area contributed by atoms with Gasteiger partial charge in [-0.3, -0.25) is 9.59 Å². The Bertz CT molecular complexity index is 1220. The number of hydrogen-bond acceptors (Lipinski definition) is 7. The molecule has 0 atom stereocenters. The number of carbonyl (C=O) groups is 2. The molecule has 1 aromatic carbocycles. The van der Waals surface area contributed by atoms with E-state index >= 15 is 0 Å². The van der Waals surface area contributed by atoms with Gasteiger partial charge in [0.2, 0.25) is 11.7 Å². The van der Waals surface area contributed by atoms with Crippen LogP contribution >= 0.6 is 0 Å². The van der Waals surface area contributed by atoms with Crippen molar-refractivity contribution in [1.29, 1.82) is 0 Å². The molecule has 4 rings (SSSR count). The Morgan fingerprint density at radius 2 is 1.92 bits per heavy atom. The van der Waals surface area contributed by atoms with Crippen molar-refractivity contribution in [3.05, 3.63) is 53.3 Å². The standard InChI is InChI=1S/C26H33N7O3/c1-17-12-21(14-23(28-17)25(34)27-15-19-6-5-7-22(13-19)36-4)24-29-31-33(30-24)16-18-8-10-20(11-9-18)26(35)32(2)3/h5-7,12-14,18,20H,8-11,15-16H2,1-4H3,(H,27,34). The molecular weight excluding hydrogens is 458 g/mol. The highest BCUT2D eigenvalue weighted by molar-refractivity contribution is 5.93. The summed E-state index contributed by atoms with van der Waals surface area (Å²) in [5.74, 6) is 1.66. The van der Waals surface area contributed by atoms with Crippen molar-refractivity contribution in [3.63, 3.8) is 0 Å². The fourth-order valence-corrected chi connectivity index (χ4v) is 4.59. The Morgan fingerprint density at radius 3 is 2.64 bits per heavy atom. The fraction of sp³-hybridized carbons (Fsp3) is 0.462. The molecule has 190 valence electrons. The number of carbonyl (C=O) groups excluding carboxylic acids is 2. The third kappa shape index (κ3) is 6.24. The van der Waals surface area contributed by atoms with Crippen LogP contribution in [0.15, 0.2) is 36.4 Å². The zero-order chi connectivity index (χ0) is 25.7. The maximum atomic E-state index is 12.8. The number of ether oxygens (including phenoxy) is 1. The topological polar surface area (TPSA) is 115 Å². The summed E-state index contributed by atoms with van der Waals surface area (Å²) in [4.78, 5) is 32.7. The molecule has 0 bridgehead atoms. The summed E-state index contributed by atoms with van der Waals surface area (Å²) in [5, 5.41) is 15.9. The largest absolute Gasteiger partial charge is 0.497 e. The first-order valence-corrected chi connectivity index (χ1v) is 12.2. The predicted octanol–water partition coefficient (Wildman–Crippen LogP) is 2.88. The second-order valence-corrected chi connectivity index (χ2v) is 9.53. The number of nitrogens with one attached hydrogen (secondary N) is 1. The molecule has 1 fully saturated rings. The number of tetrazole rings is 1. The van der Waals surface area contributed by atoms with Crippen molar-refractivity contribution in [3.8, 4) is 17.1 Å². The average Bonchev–Trinajstić information content (AvgIpc) is 3.35. The van der Waals surface area contributed by atoms with Gasteiger partial charge in [-0.1, -0.05) is 12.1 Å². The quantitative estimate of drug-likeness (QED) is 0.515. The van der Waals surface area contributed by atoms with Crippen LogP contribution in [0.4, 0.5) is 0 Å². The van der Waals surface area contributed by atoms with Gasteiger partial charge in [0, 0.05) is 37.8 Å². The van der Waals surface area contributed by atoms with Crippen LogP contribution < -0.4 is 10.1 Å². The van der Waals surface area contributed by atoms with Crippen molar-refractivity contribution in [2.24, 2.45) is 11.8 Å². The lowest BCUT2D eigenvalue weighted by molar-refractivity contribution is -0.134. The van der Waals surface area contributed by atoms with Gasteiger partial charge in [-0.05, 0) is 73.6 Å². The van der Waals surface area contributed by atoms with Crippen molar-refractivity contribution in [2.45, 2.75) is 45.7 Å². The number of methoxy groups -OCH3 is 1. The normalized spacial score (nSPS) is 17.4. The van der Waals surface area contributed by atoms with Gasteiger partial charge in [-0.25, -0.2) is 4.98 Å². The number of nitrogens with zero attached hydrogens (tertiary/aromatic N) is 6.